The third kappa shape index (κ3) is 26.1. The lowest BCUT2D eigenvalue weighted by atomic mass is 10.5. The summed E-state index contributed by atoms with van der Waals surface area (Å²) < 4.78 is 0. The summed E-state index contributed by atoms with van der Waals surface area (Å²) in [6.07, 6.45) is 1.01. The molecule has 0 saturated carbocycles. The van der Waals surface area contributed by atoms with E-state index in [2.05, 4.69) is 10.6 Å². The van der Waals surface area contributed by atoms with Crippen molar-refractivity contribution < 1.29 is 4.79 Å². The average molecular weight is 146 g/mol. The smallest absolute Gasteiger partial charge is 0.216 e. The Kier molecular flexibility index (Phi) is 13.7. The van der Waals surface area contributed by atoms with Crippen LogP contribution in [-0.2, 0) is 4.79 Å². The lowest BCUT2D eigenvalue weighted by molar-refractivity contribution is -0.118. The zero-order chi connectivity index (χ0) is 8.41. The molecular formula is C7H18N2O. The quantitative estimate of drug-likeness (QED) is 0.591. The van der Waals surface area contributed by atoms with Crippen LogP contribution in [0.5, 0.6) is 0 Å². The maximum atomic E-state index is 10.1. The van der Waals surface area contributed by atoms with Crippen molar-refractivity contribution in [3.05, 3.63) is 0 Å². The van der Waals surface area contributed by atoms with Crippen molar-refractivity contribution in [1.82, 2.24) is 10.6 Å². The molecule has 1 amide bonds. The fourth-order valence-corrected chi connectivity index (χ4v) is 0.301. The first-order valence-corrected chi connectivity index (χ1v) is 3.51. The number of hydrogen-bond acceptors (Lipinski definition) is 2. The monoisotopic (exact) mass is 146 g/mol. The second kappa shape index (κ2) is 11.3. The maximum Gasteiger partial charge on any atom is 0.216 e. The van der Waals surface area contributed by atoms with E-state index in [4.69, 9.17) is 0 Å². The Morgan fingerprint density at radius 3 is 1.90 bits per heavy atom. The van der Waals surface area contributed by atoms with E-state index in [0.717, 1.165) is 13.0 Å². The molecule has 10 heavy (non-hydrogen) atoms. The van der Waals surface area contributed by atoms with E-state index in [0.29, 0.717) is 0 Å². The Bertz CT molecular complexity index is 74.0. The molecule has 0 aliphatic carbocycles. The Morgan fingerprint density at radius 1 is 1.40 bits per heavy atom. The lowest BCUT2D eigenvalue weighted by Crippen LogP contribution is -2.19. The van der Waals surface area contributed by atoms with Gasteiger partial charge in [-0.25, -0.2) is 0 Å². The molecule has 62 valence electrons. The van der Waals surface area contributed by atoms with Crippen LogP contribution in [0, 0.1) is 0 Å². The number of hydrogen-bond donors (Lipinski definition) is 2. The van der Waals surface area contributed by atoms with Crippen molar-refractivity contribution in [2.75, 3.05) is 20.6 Å². The minimum Gasteiger partial charge on any atom is -0.356 e. The molecule has 0 aliphatic rings. The molecule has 0 aromatic heterocycles. The molecular weight excluding hydrogens is 128 g/mol. The van der Waals surface area contributed by atoms with Gasteiger partial charge < -0.3 is 10.6 Å². The second-order valence-corrected chi connectivity index (χ2v) is 1.98. The fraction of sp³-hybridized carbons (Fsp3) is 0.857. The minimum atomic E-state index is 0.0573. The molecule has 0 aliphatic heterocycles. The summed E-state index contributed by atoms with van der Waals surface area (Å²) in [4.78, 5) is 10.1. The number of amides is 1. The average Bonchev–Trinajstić information content (AvgIpc) is 1.85. The normalized spacial score (nSPS) is 7.60. The Balaban J connectivity index is 0. The largest absolute Gasteiger partial charge is 0.356 e. The molecule has 0 unspecified atom stereocenters. The van der Waals surface area contributed by atoms with Gasteiger partial charge >= 0.3 is 0 Å². The van der Waals surface area contributed by atoms with E-state index >= 15 is 0 Å². The van der Waals surface area contributed by atoms with Crippen LogP contribution in [0.4, 0.5) is 0 Å². The van der Waals surface area contributed by atoms with E-state index in [-0.39, 0.29) is 5.91 Å². The van der Waals surface area contributed by atoms with Crippen molar-refractivity contribution >= 4 is 5.91 Å². The van der Waals surface area contributed by atoms with Gasteiger partial charge in [-0.1, -0.05) is 6.92 Å². The van der Waals surface area contributed by atoms with Gasteiger partial charge in [-0.3, -0.25) is 4.79 Å². The molecule has 0 radical (unpaired) electrons. The van der Waals surface area contributed by atoms with Crippen molar-refractivity contribution in [2.45, 2.75) is 20.3 Å². The highest BCUT2D eigenvalue weighted by molar-refractivity contribution is 5.72. The Morgan fingerprint density at radius 2 is 1.80 bits per heavy atom. The lowest BCUT2D eigenvalue weighted by Gasteiger charge is -1.93. The van der Waals surface area contributed by atoms with Crippen molar-refractivity contribution in [3.63, 3.8) is 0 Å². The SMILES string of the molecule is CCCNC(C)=O.CNC. The summed E-state index contributed by atoms with van der Waals surface area (Å²) >= 11 is 0. The molecule has 0 saturated heterocycles. The topological polar surface area (TPSA) is 41.1 Å². The van der Waals surface area contributed by atoms with Crippen molar-refractivity contribution in [2.24, 2.45) is 0 Å². The van der Waals surface area contributed by atoms with Gasteiger partial charge in [-0.05, 0) is 20.5 Å². The first-order chi connectivity index (χ1) is 4.68. The minimum absolute atomic E-state index is 0.0573. The summed E-state index contributed by atoms with van der Waals surface area (Å²) in [6.45, 7) is 4.35. The predicted molar refractivity (Wildman–Crippen MR) is 44.0 cm³/mol. The standard InChI is InChI=1S/C5H11NO.C2H7N/c1-3-4-6-5(2)7;1-3-2/h3-4H2,1-2H3,(H,6,7);3H,1-2H3. The highest BCUT2D eigenvalue weighted by atomic mass is 16.1. The van der Waals surface area contributed by atoms with Gasteiger partial charge in [0.1, 0.15) is 0 Å². The Labute approximate surface area is 63.2 Å². The summed E-state index contributed by atoms with van der Waals surface area (Å²) in [5.41, 5.74) is 0. The third-order valence-corrected chi connectivity index (χ3v) is 0.624. The molecule has 0 aromatic carbocycles. The predicted octanol–water partition coefficient (Wildman–Crippen LogP) is 0.368. The first kappa shape index (κ1) is 12.1. The molecule has 0 fully saturated rings. The van der Waals surface area contributed by atoms with E-state index in [9.17, 15) is 4.79 Å². The molecule has 0 spiro atoms. The number of carbonyl (C=O) groups is 1. The van der Waals surface area contributed by atoms with Gasteiger partial charge in [0.05, 0.1) is 0 Å². The van der Waals surface area contributed by atoms with Crippen LogP contribution in [0.2, 0.25) is 0 Å². The highest BCUT2D eigenvalue weighted by Gasteiger charge is 1.83. The van der Waals surface area contributed by atoms with E-state index < -0.39 is 0 Å². The highest BCUT2D eigenvalue weighted by Crippen LogP contribution is 1.67. The van der Waals surface area contributed by atoms with Crippen LogP contribution in [-0.4, -0.2) is 26.5 Å². The van der Waals surface area contributed by atoms with Gasteiger partial charge in [0.25, 0.3) is 0 Å². The number of rotatable bonds is 2. The van der Waals surface area contributed by atoms with Crippen molar-refractivity contribution in [3.8, 4) is 0 Å². The molecule has 2 N–H and O–H groups in total. The second-order valence-electron chi connectivity index (χ2n) is 1.98. The maximum absolute atomic E-state index is 10.1. The summed E-state index contributed by atoms with van der Waals surface area (Å²) in [6, 6.07) is 0. The van der Waals surface area contributed by atoms with Gasteiger partial charge in [-0.15, -0.1) is 0 Å². The van der Waals surface area contributed by atoms with E-state index in [1.165, 1.54) is 6.92 Å². The molecule has 0 atom stereocenters. The van der Waals surface area contributed by atoms with E-state index in [1.807, 2.05) is 21.0 Å². The van der Waals surface area contributed by atoms with Gasteiger partial charge in [-0.2, -0.15) is 0 Å². The zero-order valence-electron chi connectivity index (χ0n) is 7.32. The van der Waals surface area contributed by atoms with Gasteiger partial charge in [0.15, 0.2) is 0 Å². The van der Waals surface area contributed by atoms with Crippen LogP contribution in [0.25, 0.3) is 0 Å². The van der Waals surface area contributed by atoms with Crippen molar-refractivity contribution in [1.29, 1.82) is 0 Å². The molecule has 0 rings (SSSR count). The number of carbonyl (C=O) groups excluding carboxylic acids is 1. The Hall–Kier alpha value is -0.570. The molecule has 3 nitrogen and oxygen atoms in total. The van der Waals surface area contributed by atoms with Gasteiger partial charge in [0.2, 0.25) is 5.91 Å². The van der Waals surface area contributed by atoms with Crippen LogP contribution in [0.1, 0.15) is 20.3 Å². The third-order valence-electron chi connectivity index (χ3n) is 0.624. The van der Waals surface area contributed by atoms with Gasteiger partial charge in [0, 0.05) is 13.5 Å². The number of nitrogens with one attached hydrogen (secondary N) is 2. The first-order valence-electron chi connectivity index (χ1n) is 3.51. The molecule has 0 heterocycles. The van der Waals surface area contributed by atoms with Crippen LogP contribution >= 0.6 is 0 Å². The summed E-state index contributed by atoms with van der Waals surface area (Å²) in [7, 11) is 3.75. The summed E-state index contributed by atoms with van der Waals surface area (Å²) in [5, 5.41) is 5.41. The zero-order valence-corrected chi connectivity index (χ0v) is 7.32. The molecule has 0 bridgehead atoms. The van der Waals surface area contributed by atoms with Crippen LogP contribution in [0.15, 0.2) is 0 Å². The summed E-state index contributed by atoms with van der Waals surface area (Å²) in [5.74, 6) is 0.0573. The van der Waals surface area contributed by atoms with Crippen LogP contribution < -0.4 is 10.6 Å². The molecule has 3 heteroatoms. The van der Waals surface area contributed by atoms with E-state index in [1.54, 1.807) is 0 Å². The fourth-order valence-electron chi connectivity index (χ4n) is 0.301. The molecule has 0 aromatic rings. The van der Waals surface area contributed by atoms with Crippen LogP contribution in [0.3, 0.4) is 0 Å².